The summed E-state index contributed by atoms with van der Waals surface area (Å²) in [6, 6.07) is 0. The maximum absolute atomic E-state index is 4.58. The van der Waals surface area contributed by atoms with Crippen LogP contribution in [0.4, 0.5) is 0 Å². The van der Waals surface area contributed by atoms with Crippen LogP contribution in [-0.4, -0.2) is 16.5 Å². The Kier molecular flexibility index (Phi) is 2.32. The van der Waals surface area contributed by atoms with Crippen molar-refractivity contribution in [2.24, 2.45) is 11.8 Å². The van der Waals surface area contributed by atoms with Crippen molar-refractivity contribution in [2.75, 3.05) is 6.54 Å². The molecule has 0 bridgehead atoms. The number of aromatic nitrogens is 2. The second-order valence-electron chi connectivity index (χ2n) is 5.84. The van der Waals surface area contributed by atoms with Crippen molar-refractivity contribution in [1.82, 2.24) is 15.3 Å². The van der Waals surface area contributed by atoms with E-state index in [-0.39, 0.29) is 5.54 Å². The van der Waals surface area contributed by atoms with Crippen LogP contribution in [0.15, 0.2) is 6.33 Å². The monoisotopic (exact) mass is 219 g/mol. The quantitative estimate of drug-likeness (QED) is 0.702. The van der Waals surface area contributed by atoms with Crippen LogP contribution >= 0.6 is 0 Å². The highest BCUT2D eigenvalue weighted by atomic mass is 15.1. The number of nitrogens with zero attached hydrogens (tertiary/aromatic N) is 1. The van der Waals surface area contributed by atoms with Gasteiger partial charge in [-0.1, -0.05) is 13.8 Å². The summed E-state index contributed by atoms with van der Waals surface area (Å²) in [6.45, 7) is 5.84. The zero-order valence-electron chi connectivity index (χ0n) is 10.2. The van der Waals surface area contributed by atoms with Gasteiger partial charge in [-0.2, -0.15) is 0 Å². The van der Waals surface area contributed by atoms with E-state index >= 15 is 0 Å². The van der Waals surface area contributed by atoms with Gasteiger partial charge in [-0.25, -0.2) is 4.98 Å². The third-order valence-corrected chi connectivity index (χ3v) is 4.21. The molecule has 3 nitrogen and oxygen atoms in total. The highest BCUT2D eigenvalue weighted by molar-refractivity contribution is 5.26. The second-order valence-corrected chi connectivity index (χ2v) is 5.84. The molecule has 3 rings (SSSR count). The van der Waals surface area contributed by atoms with Crippen molar-refractivity contribution in [3.05, 3.63) is 17.7 Å². The van der Waals surface area contributed by atoms with Crippen LogP contribution in [0.2, 0.25) is 0 Å². The lowest BCUT2D eigenvalue weighted by molar-refractivity contribution is 0.133. The minimum atomic E-state index is 0.171. The van der Waals surface area contributed by atoms with Gasteiger partial charge in [0, 0.05) is 18.7 Å². The van der Waals surface area contributed by atoms with Crippen molar-refractivity contribution in [1.29, 1.82) is 0 Å². The van der Waals surface area contributed by atoms with Gasteiger partial charge in [0.15, 0.2) is 0 Å². The van der Waals surface area contributed by atoms with Crippen LogP contribution in [0.5, 0.6) is 0 Å². The molecule has 1 aromatic heterocycles. The van der Waals surface area contributed by atoms with E-state index in [2.05, 4.69) is 29.1 Å². The Hall–Kier alpha value is -0.830. The first-order valence-corrected chi connectivity index (χ1v) is 6.47. The zero-order valence-corrected chi connectivity index (χ0v) is 10.2. The SMILES string of the molecule is C[C@@H]1C[C@@H](C)CC2(C1)NCCc1[nH]cnc12. The molecule has 2 aliphatic rings. The average Bonchev–Trinajstić information content (AvgIpc) is 2.65. The molecule has 16 heavy (non-hydrogen) atoms. The van der Waals surface area contributed by atoms with Crippen LogP contribution < -0.4 is 5.32 Å². The Balaban J connectivity index is 2.00. The highest BCUT2D eigenvalue weighted by Gasteiger charge is 2.43. The molecule has 3 heteroatoms. The maximum atomic E-state index is 4.58. The minimum Gasteiger partial charge on any atom is -0.348 e. The summed E-state index contributed by atoms with van der Waals surface area (Å²) >= 11 is 0. The summed E-state index contributed by atoms with van der Waals surface area (Å²) in [7, 11) is 0. The van der Waals surface area contributed by atoms with Gasteiger partial charge < -0.3 is 10.3 Å². The Morgan fingerprint density at radius 3 is 2.81 bits per heavy atom. The summed E-state index contributed by atoms with van der Waals surface area (Å²) < 4.78 is 0. The van der Waals surface area contributed by atoms with Gasteiger partial charge >= 0.3 is 0 Å². The predicted octanol–water partition coefficient (Wildman–Crippen LogP) is 2.21. The lowest BCUT2D eigenvalue weighted by atomic mass is 9.68. The molecule has 1 spiro atoms. The Labute approximate surface area is 97.0 Å². The molecule has 1 aliphatic heterocycles. The van der Waals surface area contributed by atoms with E-state index in [9.17, 15) is 0 Å². The van der Waals surface area contributed by atoms with Crippen molar-refractivity contribution in [3.63, 3.8) is 0 Å². The van der Waals surface area contributed by atoms with Crippen molar-refractivity contribution in [2.45, 2.75) is 45.1 Å². The number of aromatic amines is 1. The number of fused-ring (bicyclic) bond motifs is 2. The topological polar surface area (TPSA) is 40.7 Å². The van der Waals surface area contributed by atoms with E-state index in [1.165, 1.54) is 30.7 Å². The van der Waals surface area contributed by atoms with Gasteiger partial charge in [0.1, 0.15) is 0 Å². The molecule has 1 aliphatic carbocycles. The largest absolute Gasteiger partial charge is 0.348 e. The molecule has 2 heterocycles. The smallest absolute Gasteiger partial charge is 0.0926 e. The molecule has 1 aromatic rings. The highest BCUT2D eigenvalue weighted by Crippen LogP contribution is 2.43. The number of hydrogen-bond donors (Lipinski definition) is 2. The Morgan fingerprint density at radius 2 is 2.06 bits per heavy atom. The van der Waals surface area contributed by atoms with Crippen LogP contribution in [0, 0.1) is 11.8 Å². The summed E-state index contributed by atoms with van der Waals surface area (Å²) in [4.78, 5) is 7.89. The number of hydrogen-bond acceptors (Lipinski definition) is 2. The maximum Gasteiger partial charge on any atom is 0.0926 e. The summed E-state index contributed by atoms with van der Waals surface area (Å²) in [5.41, 5.74) is 2.84. The lowest BCUT2D eigenvalue weighted by Crippen LogP contribution is -2.51. The fourth-order valence-electron chi connectivity index (χ4n) is 3.90. The first-order valence-electron chi connectivity index (χ1n) is 6.47. The van der Waals surface area contributed by atoms with Gasteiger partial charge in [0.05, 0.1) is 17.6 Å². The van der Waals surface area contributed by atoms with Gasteiger partial charge in [-0.3, -0.25) is 0 Å². The van der Waals surface area contributed by atoms with Gasteiger partial charge in [-0.05, 0) is 31.1 Å². The molecule has 1 saturated carbocycles. The third kappa shape index (κ3) is 1.49. The predicted molar refractivity (Wildman–Crippen MR) is 64.2 cm³/mol. The van der Waals surface area contributed by atoms with Gasteiger partial charge in [-0.15, -0.1) is 0 Å². The molecule has 0 amide bonds. The molecule has 0 aromatic carbocycles. The molecular formula is C13H21N3. The van der Waals surface area contributed by atoms with Gasteiger partial charge in [0.25, 0.3) is 0 Å². The molecule has 0 radical (unpaired) electrons. The fourth-order valence-corrected chi connectivity index (χ4v) is 3.90. The van der Waals surface area contributed by atoms with E-state index in [1.807, 2.05) is 6.33 Å². The number of rotatable bonds is 0. The van der Waals surface area contributed by atoms with Crippen molar-refractivity contribution >= 4 is 0 Å². The lowest BCUT2D eigenvalue weighted by Gasteiger charge is -2.45. The van der Waals surface area contributed by atoms with E-state index in [0.717, 1.165) is 24.8 Å². The zero-order chi connectivity index (χ0) is 11.2. The van der Waals surface area contributed by atoms with Crippen LogP contribution in [0.3, 0.4) is 0 Å². The molecule has 0 unspecified atom stereocenters. The van der Waals surface area contributed by atoms with E-state index < -0.39 is 0 Å². The Bertz CT molecular complexity index is 372. The molecular weight excluding hydrogens is 198 g/mol. The average molecular weight is 219 g/mol. The van der Waals surface area contributed by atoms with E-state index in [0.29, 0.717) is 0 Å². The van der Waals surface area contributed by atoms with Crippen LogP contribution in [-0.2, 0) is 12.0 Å². The first-order chi connectivity index (χ1) is 7.70. The Morgan fingerprint density at radius 1 is 1.31 bits per heavy atom. The number of H-pyrrole nitrogens is 1. The summed E-state index contributed by atoms with van der Waals surface area (Å²) in [5, 5.41) is 3.76. The minimum absolute atomic E-state index is 0.171. The molecule has 2 N–H and O–H groups in total. The molecule has 2 atom stereocenters. The number of imidazole rings is 1. The summed E-state index contributed by atoms with van der Waals surface area (Å²) in [6.07, 6.45) is 6.82. The normalized spacial score (nSPS) is 38.6. The fraction of sp³-hybridized carbons (Fsp3) is 0.769. The number of nitrogens with one attached hydrogen (secondary N) is 2. The first kappa shape index (κ1) is 10.3. The van der Waals surface area contributed by atoms with Crippen LogP contribution in [0.25, 0.3) is 0 Å². The molecule has 0 saturated heterocycles. The summed E-state index contributed by atoms with van der Waals surface area (Å²) in [5.74, 6) is 1.61. The van der Waals surface area contributed by atoms with Gasteiger partial charge in [0.2, 0.25) is 0 Å². The van der Waals surface area contributed by atoms with E-state index in [1.54, 1.807) is 0 Å². The van der Waals surface area contributed by atoms with Crippen LogP contribution in [0.1, 0.15) is 44.5 Å². The third-order valence-electron chi connectivity index (χ3n) is 4.21. The second kappa shape index (κ2) is 3.59. The van der Waals surface area contributed by atoms with E-state index in [4.69, 9.17) is 0 Å². The van der Waals surface area contributed by atoms with Crippen molar-refractivity contribution < 1.29 is 0 Å². The molecule has 1 fully saturated rings. The van der Waals surface area contributed by atoms with Crippen molar-refractivity contribution in [3.8, 4) is 0 Å². The standard InChI is InChI=1S/C13H21N3/c1-9-5-10(2)7-13(6-9)12-11(3-4-16-13)14-8-15-12/h8-10,16H,3-7H2,1-2H3,(H,14,15)/t9-,10-/m1/s1. The molecule has 88 valence electrons.